The summed E-state index contributed by atoms with van der Waals surface area (Å²) in [5.74, 6) is 0.389. The molecule has 2 rings (SSSR count). The number of aliphatic hydroxyl groups is 1. The van der Waals surface area contributed by atoms with Crippen LogP contribution < -0.4 is 14.8 Å². The minimum atomic E-state index is -0.960. The third kappa shape index (κ3) is 7.10. The first-order valence-electron chi connectivity index (χ1n) is 9.11. The van der Waals surface area contributed by atoms with Gasteiger partial charge in [-0.15, -0.1) is 0 Å². The standard InChI is InChI=1S/C21H25NO7/c1-14(2)20(24)27-13-12-26-11-10-22-21(25)29-19-9-5-6-16-17(19)7-4-8-18(16)28-15(3)23/h4-9,15,23H,1,10-13H2,2-3H3,(H,22,25). The van der Waals surface area contributed by atoms with E-state index in [1.54, 1.807) is 37.3 Å². The Morgan fingerprint density at radius 2 is 1.72 bits per heavy atom. The van der Waals surface area contributed by atoms with Crippen LogP contribution in [0, 0.1) is 0 Å². The first-order chi connectivity index (χ1) is 13.9. The Bertz CT molecular complexity index is 863. The number of rotatable bonds is 10. The van der Waals surface area contributed by atoms with Crippen molar-refractivity contribution < 1.29 is 33.6 Å². The molecular formula is C21H25NO7. The summed E-state index contributed by atoms with van der Waals surface area (Å²) in [7, 11) is 0. The van der Waals surface area contributed by atoms with Crippen LogP contribution in [0.2, 0.25) is 0 Å². The molecule has 0 aliphatic rings. The van der Waals surface area contributed by atoms with Crippen LogP contribution in [0.4, 0.5) is 4.79 Å². The predicted octanol–water partition coefficient (Wildman–Crippen LogP) is 2.78. The lowest BCUT2D eigenvalue weighted by atomic mass is 10.1. The Kier molecular flexibility index (Phi) is 8.45. The summed E-state index contributed by atoms with van der Waals surface area (Å²) in [4.78, 5) is 23.2. The first-order valence-corrected chi connectivity index (χ1v) is 9.11. The van der Waals surface area contributed by atoms with Gasteiger partial charge in [-0.25, -0.2) is 9.59 Å². The number of esters is 1. The highest BCUT2D eigenvalue weighted by Gasteiger charge is 2.11. The minimum Gasteiger partial charge on any atom is -0.465 e. The van der Waals surface area contributed by atoms with Gasteiger partial charge in [-0.05, 0) is 26.0 Å². The summed E-state index contributed by atoms with van der Waals surface area (Å²) in [6, 6.07) is 10.5. The maximum absolute atomic E-state index is 12.0. The molecule has 0 spiro atoms. The van der Waals surface area contributed by atoms with Crippen molar-refractivity contribution in [2.24, 2.45) is 0 Å². The molecule has 0 saturated heterocycles. The summed E-state index contributed by atoms with van der Waals surface area (Å²) in [6.45, 7) is 7.35. The van der Waals surface area contributed by atoms with E-state index in [1.807, 2.05) is 6.07 Å². The summed E-state index contributed by atoms with van der Waals surface area (Å²) in [6.07, 6.45) is -1.59. The fourth-order valence-corrected chi connectivity index (χ4v) is 2.41. The number of fused-ring (bicyclic) bond motifs is 1. The lowest BCUT2D eigenvalue weighted by Gasteiger charge is -2.13. The number of nitrogens with one attached hydrogen (secondary N) is 1. The monoisotopic (exact) mass is 403 g/mol. The maximum atomic E-state index is 12.0. The van der Waals surface area contributed by atoms with Gasteiger partial charge in [0.15, 0.2) is 6.29 Å². The van der Waals surface area contributed by atoms with Gasteiger partial charge in [-0.2, -0.15) is 0 Å². The topological polar surface area (TPSA) is 103 Å². The van der Waals surface area contributed by atoms with Crippen LogP contribution in [0.15, 0.2) is 48.6 Å². The minimum absolute atomic E-state index is 0.114. The molecule has 2 aromatic carbocycles. The van der Waals surface area contributed by atoms with Gasteiger partial charge in [0.05, 0.1) is 13.2 Å². The molecule has 1 amide bonds. The third-order valence-electron chi connectivity index (χ3n) is 3.67. The van der Waals surface area contributed by atoms with Crippen molar-refractivity contribution in [3.05, 3.63) is 48.6 Å². The first kappa shape index (κ1) is 22.2. The van der Waals surface area contributed by atoms with Gasteiger partial charge in [-0.3, -0.25) is 0 Å². The molecule has 0 heterocycles. The average molecular weight is 403 g/mol. The number of amides is 1. The Hall–Kier alpha value is -3.10. The second-order valence-electron chi connectivity index (χ2n) is 6.17. The van der Waals surface area contributed by atoms with Gasteiger partial charge in [0.2, 0.25) is 0 Å². The van der Waals surface area contributed by atoms with Crippen molar-refractivity contribution in [3.8, 4) is 11.5 Å². The third-order valence-corrected chi connectivity index (χ3v) is 3.67. The highest BCUT2D eigenvalue weighted by molar-refractivity contribution is 5.94. The summed E-state index contributed by atoms with van der Waals surface area (Å²) >= 11 is 0. The molecule has 2 aromatic rings. The highest BCUT2D eigenvalue weighted by atomic mass is 16.6. The molecule has 0 fully saturated rings. The lowest BCUT2D eigenvalue weighted by Crippen LogP contribution is -2.30. The molecule has 0 aliphatic heterocycles. The van der Waals surface area contributed by atoms with Crippen molar-refractivity contribution in [3.63, 3.8) is 0 Å². The molecule has 0 aliphatic carbocycles. The van der Waals surface area contributed by atoms with Crippen LogP contribution >= 0.6 is 0 Å². The molecule has 0 aromatic heterocycles. The van der Waals surface area contributed by atoms with E-state index in [4.69, 9.17) is 18.9 Å². The molecule has 8 nitrogen and oxygen atoms in total. The van der Waals surface area contributed by atoms with Crippen LogP contribution in [0.25, 0.3) is 10.8 Å². The molecule has 8 heteroatoms. The number of ether oxygens (including phenoxy) is 4. The molecule has 0 saturated carbocycles. The molecule has 156 valence electrons. The van der Waals surface area contributed by atoms with E-state index in [1.165, 1.54) is 6.92 Å². The van der Waals surface area contributed by atoms with Crippen LogP contribution in [-0.4, -0.2) is 49.8 Å². The van der Waals surface area contributed by atoms with E-state index in [0.29, 0.717) is 27.8 Å². The Morgan fingerprint density at radius 3 is 2.38 bits per heavy atom. The average Bonchev–Trinajstić information content (AvgIpc) is 2.67. The molecule has 1 atom stereocenters. The van der Waals surface area contributed by atoms with Crippen LogP contribution in [0.5, 0.6) is 11.5 Å². The summed E-state index contributed by atoms with van der Waals surface area (Å²) in [5.41, 5.74) is 0.326. The lowest BCUT2D eigenvalue weighted by molar-refractivity contribution is -0.140. The molecular weight excluding hydrogens is 378 g/mol. The predicted molar refractivity (Wildman–Crippen MR) is 107 cm³/mol. The summed E-state index contributed by atoms with van der Waals surface area (Å²) < 4.78 is 20.9. The Balaban J connectivity index is 1.80. The number of benzene rings is 2. The highest BCUT2D eigenvalue weighted by Crippen LogP contribution is 2.32. The van der Waals surface area contributed by atoms with Crippen LogP contribution in [0.1, 0.15) is 13.8 Å². The SMILES string of the molecule is C=C(C)C(=O)OCCOCCNC(=O)Oc1cccc2c(OC(C)O)cccc12. The fourth-order valence-electron chi connectivity index (χ4n) is 2.41. The zero-order valence-electron chi connectivity index (χ0n) is 16.5. The second kappa shape index (κ2) is 11.0. The van der Waals surface area contributed by atoms with Crippen LogP contribution in [-0.2, 0) is 14.3 Å². The van der Waals surface area contributed by atoms with Gasteiger partial charge in [-0.1, -0.05) is 30.8 Å². The second-order valence-corrected chi connectivity index (χ2v) is 6.17. The van der Waals surface area contributed by atoms with E-state index in [0.717, 1.165) is 0 Å². The quantitative estimate of drug-likeness (QED) is 0.272. The van der Waals surface area contributed by atoms with Gasteiger partial charge in [0.25, 0.3) is 0 Å². The zero-order chi connectivity index (χ0) is 21.2. The van der Waals surface area contributed by atoms with E-state index in [9.17, 15) is 14.7 Å². The number of hydrogen-bond acceptors (Lipinski definition) is 7. The Labute approximate surface area is 169 Å². The van der Waals surface area contributed by atoms with E-state index >= 15 is 0 Å². The normalized spacial score (nSPS) is 11.6. The molecule has 0 radical (unpaired) electrons. The van der Waals surface area contributed by atoms with Crippen LogP contribution in [0.3, 0.4) is 0 Å². The van der Waals surface area contributed by atoms with Gasteiger partial charge < -0.3 is 29.4 Å². The molecule has 1 unspecified atom stereocenters. The smallest absolute Gasteiger partial charge is 0.412 e. The van der Waals surface area contributed by atoms with Crippen molar-refractivity contribution in [2.75, 3.05) is 26.4 Å². The Morgan fingerprint density at radius 1 is 1.07 bits per heavy atom. The number of carbonyl (C=O) groups is 2. The molecule has 0 bridgehead atoms. The van der Waals surface area contributed by atoms with Crippen molar-refractivity contribution in [1.82, 2.24) is 5.32 Å². The fraction of sp³-hybridized carbons (Fsp3) is 0.333. The van der Waals surface area contributed by atoms with E-state index in [2.05, 4.69) is 11.9 Å². The van der Waals surface area contributed by atoms with Gasteiger partial charge in [0, 0.05) is 22.9 Å². The van der Waals surface area contributed by atoms with E-state index < -0.39 is 18.4 Å². The van der Waals surface area contributed by atoms with Crippen molar-refractivity contribution in [1.29, 1.82) is 0 Å². The van der Waals surface area contributed by atoms with Gasteiger partial charge >= 0.3 is 12.1 Å². The van der Waals surface area contributed by atoms with E-state index in [-0.39, 0.29) is 26.4 Å². The summed E-state index contributed by atoms with van der Waals surface area (Å²) in [5, 5.41) is 13.4. The zero-order valence-corrected chi connectivity index (χ0v) is 16.5. The van der Waals surface area contributed by atoms with Crippen molar-refractivity contribution in [2.45, 2.75) is 20.1 Å². The maximum Gasteiger partial charge on any atom is 0.412 e. The van der Waals surface area contributed by atoms with Crippen molar-refractivity contribution >= 4 is 22.8 Å². The molecule has 29 heavy (non-hydrogen) atoms. The number of aliphatic hydroxyl groups excluding tert-OH is 1. The van der Waals surface area contributed by atoms with Gasteiger partial charge in [0.1, 0.15) is 18.1 Å². The number of carbonyl (C=O) groups excluding carboxylic acids is 2. The number of hydrogen-bond donors (Lipinski definition) is 2. The molecule has 2 N–H and O–H groups in total. The largest absolute Gasteiger partial charge is 0.465 e.